The highest BCUT2D eigenvalue weighted by atomic mass is 32.2. The number of halogens is 1. The molecule has 0 aliphatic heterocycles. The van der Waals surface area contributed by atoms with Crippen LogP contribution in [0.15, 0.2) is 36.9 Å². The topological polar surface area (TPSA) is 89.5 Å². The molecule has 0 saturated carbocycles. The summed E-state index contributed by atoms with van der Waals surface area (Å²) in [6, 6.07) is 5.36. The quantitative estimate of drug-likeness (QED) is 0.517. The number of anilines is 1. The highest BCUT2D eigenvalue weighted by molar-refractivity contribution is 7.92. The smallest absolute Gasteiger partial charge is 0.342 e. The van der Waals surface area contributed by atoms with E-state index in [9.17, 15) is 17.6 Å². The Balaban J connectivity index is 2.81. The van der Waals surface area contributed by atoms with Crippen LogP contribution in [0.2, 0.25) is 0 Å². The summed E-state index contributed by atoms with van der Waals surface area (Å²) in [6.45, 7) is 7.13. The van der Waals surface area contributed by atoms with E-state index in [1.807, 2.05) is 13.8 Å². The first-order valence-corrected chi connectivity index (χ1v) is 10.3. The number of benzene rings is 1. The number of carbonyl (C=O) groups excluding carboxylic acids is 1. The molecular formula is C19H22FN3O4S. The van der Waals surface area contributed by atoms with Crippen LogP contribution in [0.4, 0.5) is 10.3 Å². The zero-order chi connectivity index (χ0) is 21.1. The van der Waals surface area contributed by atoms with Gasteiger partial charge in [-0.2, -0.15) is 0 Å². The Morgan fingerprint density at radius 3 is 2.39 bits per heavy atom. The van der Waals surface area contributed by atoms with Gasteiger partial charge in [-0.25, -0.2) is 31.9 Å². The normalized spacial score (nSPS) is 11.4. The Kier molecular flexibility index (Phi) is 6.50. The van der Waals surface area contributed by atoms with Gasteiger partial charge >= 0.3 is 5.97 Å². The summed E-state index contributed by atoms with van der Waals surface area (Å²) in [6.07, 6.45) is 2.45. The SMILES string of the molecule is C=CCOC(=O)c1c(-c2ccc(F)cc2)nc(N(C)S(C)(=O)=O)nc1C(C)C. The zero-order valence-corrected chi connectivity index (χ0v) is 17.0. The third-order valence-electron chi connectivity index (χ3n) is 3.91. The number of carbonyl (C=O) groups is 1. The number of rotatable bonds is 7. The van der Waals surface area contributed by atoms with Crippen LogP contribution in [-0.2, 0) is 14.8 Å². The number of sulfonamides is 1. The van der Waals surface area contributed by atoms with Gasteiger partial charge in [0.25, 0.3) is 0 Å². The predicted molar refractivity (Wildman–Crippen MR) is 105 cm³/mol. The van der Waals surface area contributed by atoms with Gasteiger partial charge in [-0.15, -0.1) is 0 Å². The molecule has 0 N–H and O–H groups in total. The van der Waals surface area contributed by atoms with Crippen molar-refractivity contribution in [1.82, 2.24) is 9.97 Å². The van der Waals surface area contributed by atoms with Crippen molar-refractivity contribution in [3.63, 3.8) is 0 Å². The monoisotopic (exact) mass is 407 g/mol. The molecule has 0 fully saturated rings. The first kappa shape index (κ1) is 21.5. The molecule has 0 spiro atoms. The van der Waals surface area contributed by atoms with Crippen molar-refractivity contribution in [3.05, 3.63) is 54.0 Å². The standard InChI is InChI=1S/C19H22FN3O4S/c1-6-11-27-18(24)15-16(12(2)3)21-19(23(4)28(5,25)26)22-17(15)13-7-9-14(20)10-8-13/h6-10,12H,1,11H2,2-5H3. The van der Waals surface area contributed by atoms with Crippen LogP contribution in [0, 0.1) is 5.82 Å². The molecule has 9 heteroatoms. The van der Waals surface area contributed by atoms with Crippen LogP contribution >= 0.6 is 0 Å². The first-order valence-electron chi connectivity index (χ1n) is 8.46. The van der Waals surface area contributed by atoms with Gasteiger partial charge in [0.15, 0.2) is 0 Å². The Hall–Kier alpha value is -2.81. The second kappa shape index (κ2) is 8.47. The maximum atomic E-state index is 13.4. The molecule has 0 bridgehead atoms. The van der Waals surface area contributed by atoms with E-state index in [0.717, 1.165) is 10.6 Å². The summed E-state index contributed by atoms with van der Waals surface area (Å²) < 4.78 is 43.4. The van der Waals surface area contributed by atoms with Crippen molar-refractivity contribution in [2.75, 3.05) is 24.2 Å². The minimum absolute atomic E-state index is 0.00970. The predicted octanol–water partition coefficient (Wildman–Crippen LogP) is 3.14. The lowest BCUT2D eigenvalue weighted by Gasteiger charge is -2.20. The van der Waals surface area contributed by atoms with E-state index < -0.39 is 21.8 Å². The summed E-state index contributed by atoms with van der Waals surface area (Å²) in [5.74, 6) is -1.45. The van der Waals surface area contributed by atoms with Gasteiger partial charge in [0.05, 0.1) is 17.6 Å². The van der Waals surface area contributed by atoms with Crippen molar-refractivity contribution >= 4 is 21.9 Å². The van der Waals surface area contributed by atoms with Crippen molar-refractivity contribution in [2.45, 2.75) is 19.8 Å². The van der Waals surface area contributed by atoms with Crippen LogP contribution in [0.5, 0.6) is 0 Å². The van der Waals surface area contributed by atoms with Crippen LogP contribution in [0.1, 0.15) is 35.8 Å². The number of aromatic nitrogens is 2. The number of nitrogens with zero attached hydrogens (tertiary/aromatic N) is 3. The van der Waals surface area contributed by atoms with E-state index in [2.05, 4.69) is 16.5 Å². The number of ether oxygens (including phenoxy) is 1. The molecule has 0 unspecified atom stereocenters. The van der Waals surface area contributed by atoms with E-state index in [0.29, 0.717) is 11.3 Å². The van der Waals surface area contributed by atoms with E-state index >= 15 is 0 Å². The van der Waals surface area contributed by atoms with Crippen molar-refractivity contribution in [1.29, 1.82) is 0 Å². The second-order valence-corrected chi connectivity index (χ2v) is 8.43. The summed E-state index contributed by atoms with van der Waals surface area (Å²) >= 11 is 0. The molecule has 1 aromatic heterocycles. The molecule has 150 valence electrons. The molecule has 0 aliphatic carbocycles. The highest BCUT2D eigenvalue weighted by Crippen LogP contribution is 2.31. The minimum Gasteiger partial charge on any atom is -0.458 e. The third kappa shape index (κ3) is 4.72. The van der Waals surface area contributed by atoms with Gasteiger partial charge in [-0.3, -0.25) is 0 Å². The van der Waals surface area contributed by atoms with Gasteiger partial charge in [0, 0.05) is 12.6 Å². The Morgan fingerprint density at radius 1 is 1.29 bits per heavy atom. The fourth-order valence-electron chi connectivity index (χ4n) is 2.40. The van der Waals surface area contributed by atoms with E-state index in [1.54, 1.807) is 0 Å². The molecular weight excluding hydrogens is 385 g/mol. The molecule has 0 amide bonds. The lowest BCUT2D eigenvalue weighted by molar-refractivity contribution is 0.0548. The summed E-state index contributed by atoms with van der Waals surface area (Å²) in [4.78, 5) is 21.3. The number of hydrogen-bond donors (Lipinski definition) is 0. The lowest BCUT2D eigenvalue weighted by atomic mass is 9.98. The lowest BCUT2D eigenvalue weighted by Crippen LogP contribution is -2.28. The molecule has 0 atom stereocenters. The number of hydrogen-bond acceptors (Lipinski definition) is 6. The Labute approximate surface area is 163 Å². The summed E-state index contributed by atoms with van der Waals surface area (Å²) in [5, 5.41) is 0. The average Bonchev–Trinajstić information content (AvgIpc) is 2.64. The van der Waals surface area contributed by atoms with Crippen molar-refractivity contribution in [3.8, 4) is 11.3 Å². The molecule has 0 radical (unpaired) electrons. The van der Waals surface area contributed by atoms with Crippen LogP contribution < -0.4 is 4.31 Å². The van der Waals surface area contributed by atoms with Crippen LogP contribution in [0.25, 0.3) is 11.3 Å². The van der Waals surface area contributed by atoms with E-state index in [1.165, 1.54) is 37.4 Å². The minimum atomic E-state index is -3.63. The summed E-state index contributed by atoms with van der Waals surface area (Å²) in [7, 11) is -2.31. The maximum absolute atomic E-state index is 13.4. The van der Waals surface area contributed by atoms with Crippen LogP contribution in [-0.4, -0.2) is 44.3 Å². The molecule has 1 aromatic carbocycles. The van der Waals surface area contributed by atoms with Crippen LogP contribution in [0.3, 0.4) is 0 Å². The fraction of sp³-hybridized carbons (Fsp3) is 0.316. The third-order valence-corrected chi connectivity index (χ3v) is 5.06. The molecule has 2 rings (SSSR count). The van der Waals surface area contributed by atoms with Gasteiger partial charge in [-0.05, 0) is 30.2 Å². The molecule has 0 saturated heterocycles. The Bertz CT molecular complexity index is 989. The molecule has 2 aromatic rings. The first-order chi connectivity index (χ1) is 13.1. The van der Waals surface area contributed by atoms with E-state index in [4.69, 9.17) is 4.74 Å². The Morgan fingerprint density at radius 2 is 1.89 bits per heavy atom. The second-order valence-electron chi connectivity index (χ2n) is 6.41. The van der Waals surface area contributed by atoms with Gasteiger partial charge < -0.3 is 4.74 Å². The molecule has 0 aliphatic rings. The maximum Gasteiger partial charge on any atom is 0.342 e. The van der Waals surface area contributed by atoms with Crippen molar-refractivity contribution < 1.29 is 22.3 Å². The van der Waals surface area contributed by atoms with Gasteiger partial charge in [0.2, 0.25) is 16.0 Å². The molecule has 28 heavy (non-hydrogen) atoms. The summed E-state index contributed by atoms with van der Waals surface area (Å²) in [5.41, 5.74) is 1.03. The fourth-order valence-corrected chi connectivity index (χ4v) is 2.78. The van der Waals surface area contributed by atoms with E-state index in [-0.39, 0.29) is 29.7 Å². The van der Waals surface area contributed by atoms with Crippen molar-refractivity contribution in [2.24, 2.45) is 0 Å². The van der Waals surface area contributed by atoms with Gasteiger partial charge in [-0.1, -0.05) is 26.5 Å². The molecule has 1 heterocycles. The zero-order valence-electron chi connectivity index (χ0n) is 16.1. The van der Waals surface area contributed by atoms with Gasteiger partial charge in [0.1, 0.15) is 18.0 Å². The largest absolute Gasteiger partial charge is 0.458 e. The molecule has 7 nitrogen and oxygen atoms in total. The average molecular weight is 407 g/mol. The number of esters is 1. The highest BCUT2D eigenvalue weighted by Gasteiger charge is 2.27.